The van der Waals surface area contributed by atoms with Crippen molar-refractivity contribution >= 4 is 17.8 Å². The van der Waals surface area contributed by atoms with Gasteiger partial charge in [-0.05, 0) is 57.3 Å². The van der Waals surface area contributed by atoms with Crippen molar-refractivity contribution in [3.05, 3.63) is 0 Å². The second-order valence-corrected chi connectivity index (χ2v) is 8.35. The van der Waals surface area contributed by atoms with Gasteiger partial charge in [0.1, 0.15) is 6.04 Å². The Balaban J connectivity index is 1.41. The van der Waals surface area contributed by atoms with Gasteiger partial charge in [0, 0.05) is 24.9 Å². The first-order valence-corrected chi connectivity index (χ1v) is 10.4. The molecular weight excluding hydrogens is 332 g/mol. The Morgan fingerprint density at radius 3 is 2.23 bits per heavy atom. The molecule has 3 aliphatic rings. The predicted octanol–water partition coefficient (Wildman–Crippen LogP) is 2.71. The van der Waals surface area contributed by atoms with Crippen LogP contribution in [0.1, 0.15) is 77.0 Å². The van der Waals surface area contributed by atoms with Crippen molar-refractivity contribution in [2.45, 2.75) is 89.1 Å². The Morgan fingerprint density at radius 2 is 1.58 bits per heavy atom. The third-order valence-electron chi connectivity index (χ3n) is 6.46. The van der Waals surface area contributed by atoms with E-state index in [0.717, 1.165) is 32.1 Å². The van der Waals surface area contributed by atoms with Gasteiger partial charge in [0.15, 0.2) is 0 Å². The maximum atomic E-state index is 12.7. The monoisotopic (exact) mass is 364 g/mol. The van der Waals surface area contributed by atoms with Crippen LogP contribution >= 0.6 is 0 Å². The summed E-state index contributed by atoms with van der Waals surface area (Å²) >= 11 is 0. The maximum Gasteiger partial charge on any atom is 0.326 e. The number of carbonyl (C=O) groups is 3. The summed E-state index contributed by atoms with van der Waals surface area (Å²) in [5, 5.41) is 12.4. The molecule has 0 unspecified atom stereocenters. The molecule has 26 heavy (non-hydrogen) atoms. The van der Waals surface area contributed by atoms with Crippen LogP contribution in [0.2, 0.25) is 0 Å². The van der Waals surface area contributed by atoms with Crippen LogP contribution in [0.15, 0.2) is 0 Å². The van der Waals surface area contributed by atoms with Gasteiger partial charge in [-0.2, -0.15) is 0 Å². The van der Waals surface area contributed by atoms with Gasteiger partial charge in [0.05, 0.1) is 0 Å². The van der Waals surface area contributed by atoms with Crippen LogP contribution in [0.5, 0.6) is 0 Å². The number of nitrogens with zero attached hydrogens (tertiary/aromatic N) is 1. The third-order valence-corrected chi connectivity index (χ3v) is 6.46. The van der Waals surface area contributed by atoms with E-state index in [0.29, 0.717) is 25.3 Å². The molecule has 2 saturated carbocycles. The highest BCUT2D eigenvalue weighted by Gasteiger charge is 2.38. The van der Waals surface area contributed by atoms with Crippen LogP contribution in [0.3, 0.4) is 0 Å². The molecule has 2 amide bonds. The summed E-state index contributed by atoms with van der Waals surface area (Å²) in [6.45, 7) is 0.563. The zero-order chi connectivity index (χ0) is 18.5. The van der Waals surface area contributed by atoms with Gasteiger partial charge in [-0.15, -0.1) is 0 Å². The molecule has 1 saturated heterocycles. The van der Waals surface area contributed by atoms with Gasteiger partial charge in [-0.1, -0.05) is 19.3 Å². The SMILES string of the molecule is O=C(CC1CCCCC1)NC1CCC(C(=O)N2CCC[C@H]2C(=O)O)CC1. The molecule has 0 spiro atoms. The fraction of sp³-hybridized carbons (Fsp3) is 0.850. The largest absolute Gasteiger partial charge is 0.480 e. The number of hydrogen-bond donors (Lipinski definition) is 2. The highest BCUT2D eigenvalue weighted by Crippen LogP contribution is 2.30. The van der Waals surface area contributed by atoms with E-state index in [1.807, 2.05) is 0 Å². The normalized spacial score (nSPS) is 30.2. The van der Waals surface area contributed by atoms with Gasteiger partial charge in [0.2, 0.25) is 11.8 Å². The van der Waals surface area contributed by atoms with Gasteiger partial charge in [0.25, 0.3) is 0 Å². The second kappa shape index (κ2) is 8.87. The van der Waals surface area contributed by atoms with Crippen LogP contribution in [0, 0.1) is 11.8 Å². The number of likely N-dealkylation sites (tertiary alicyclic amines) is 1. The summed E-state index contributed by atoms with van der Waals surface area (Å²) in [5.74, 6) is -0.259. The molecule has 0 aromatic carbocycles. The highest BCUT2D eigenvalue weighted by molar-refractivity contribution is 5.85. The maximum absolute atomic E-state index is 12.7. The van der Waals surface area contributed by atoms with Crippen LogP contribution in [0.25, 0.3) is 0 Å². The van der Waals surface area contributed by atoms with E-state index in [2.05, 4.69) is 5.32 Å². The molecule has 0 aromatic rings. The molecule has 1 atom stereocenters. The number of carbonyl (C=O) groups excluding carboxylic acids is 2. The molecule has 2 aliphatic carbocycles. The van der Waals surface area contributed by atoms with Crippen molar-refractivity contribution in [2.24, 2.45) is 11.8 Å². The van der Waals surface area contributed by atoms with E-state index in [-0.39, 0.29) is 23.8 Å². The standard InChI is InChI=1S/C20H32N2O4/c23-18(13-14-5-2-1-3-6-14)21-16-10-8-15(9-11-16)19(24)22-12-4-7-17(22)20(25)26/h14-17H,1-13H2,(H,21,23)(H,25,26)/t15?,16?,17-/m0/s1. The number of aliphatic carboxylic acids is 1. The molecule has 146 valence electrons. The average Bonchev–Trinajstić information content (AvgIpc) is 3.12. The third kappa shape index (κ3) is 4.77. The quantitative estimate of drug-likeness (QED) is 0.785. The van der Waals surface area contributed by atoms with Gasteiger partial charge in [-0.25, -0.2) is 4.79 Å². The van der Waals surface area contributed by atoms with Crippen molar-refractivity contribution in [3.8, 4) is 0 Å². The van der Waals surface area contributed by atoms with Crippen molar-refractivity contribution in [1.29, 1.82) is 0 Å². The van der Waals surface area contributed by atoms with Crippen LogP contribution < -0.4 is 5.32 Å². The van der Waals surface area contributed by atoms with Crippen LogP contribution in [-0.2, 0) is 14.4 Å². The number of carboxylic acid groups (broad SMARTS) is 1. The summed E-state index contributed by atoms with van der Waals surface area (Å²) in [6, 6.07) is -0.473. The highest BCUT2D eigenvalue weighted by atomic mass is 16.4. The molecule has 3 rings (SSSR count). The number of carboxylic acids is 1. The molecule has 0 radical (unpaired) electrons. The van der Waals surface area contributed by atoms with Crippen molar-refractivity contribution in [2.75, 3.05) is 6.54 Å². The number of nitrogens with one attached hydrogen (secondary N) is 1. The Labute approximate surface area is 155 Å². The summed E-state index contributed by atoms with van der Waals surface area (Å²) < 4.78 is 0. The van der Waals surface area contributed by atoms with E-state index < -0.39 is 12.0 Å². The minimum Gasteiger partial charge on any atom is -0.480 e. The van der Waals surface area contributed by atoms with E-state index in [1.54, 1.807) is 4.90 Å². The molecular formula is C20H32N2O4. The lowest BCUT2D eigenvalue weighted by molar-refractivity contribution is -0.150. The lowest BCUT2D eigenvalue weighted by atomic mass is 9.84. The number of amides is 2. The zero-order valence-electron chi connectivity index (χ0n) is 15.6. The van der Waals surface area contributed by atoms with E-state index in [9.17, 15) is 19.5 Å². The minimum atomic E-state index is -0.889. The summed E-state index contributed by atoms with van der Waals surface area (Å²) in [5.41, 5.74) is 0. The van der Waals surface area contributed by atoms with E-state index in [1.165, 1.54) is 32.1 Å². The van der Waals surface area contributed by atoms with E-state index in [4.69, 9.17) is 0 Å². The smallest absolute Gasteiger partial charge is 0.326 e. The Bertz CT molecular complexity index is 522. The Kier molecular flexibility index (Phi) is 6.54. The molecule has 6 heteroatoms. The summed E-state index contributed by atoms with van der Waals surface area (Å²) in [6.07, 6.45) is 11.3. The molecule has 3 fully saturated rings. The molecule has 0 bridgehead atoms. The van der Waals surface area contributed by atoms with Crippen molar-refractivity contribution in [1.82, 2.24) is 10.2 Å². The topological polar surface area (TPSA) is 86.7 Å². The molecule has 2 N–H and O–H groups in total. The van der Waals surface area contributed by atoms with Gasteiger partial charge in [-0.3, -0.25) is 9.59 Å². The van der Waals surface area contributed by atoms with Crippen LogP contribution in [0.4, 0.5) is 0 Å². The first-order chi connectivity index (χ1) is 12.5. The minimum absolute atomic E-state index is 0.00174. The lowest BCUT2D eigenvalue weighted by Crippen LogP contribution is -2.46. The number of rotatable bonds is 5. The van der Waals surface area contributed by atoms with Crippen LogP contribution in [-0.4, -0.2) is 46.4 Å². The van der Waals surface area contributed by atoms with Crippen molar-refractivity contribution < 1.29 is 19.5 Å². The number of hydrogen-bond acceptors (Lipinski definition) is 3. The molecule has 1 aliphatic heterocycles. The van der Waals surface area contributed by atoms with Gasteiger partial charge >= 0.3 is 5.97 Å². The molecule has 0 aromatic heterocycles. The van der Waals surface area contributed by atoms with Crippen molar-refractivity contribution in [3.63, 3.8) is 0 Å². The first-order valence-electron chi connectivity index (χ1n) is 10.4. The Morgan fingerprint density at radius 1 is 0.885 bits per heavy atom. The predicted molar refractivity (Wildman–Crippen MR) is 97.5 cm³/mol. The Hall–Kier alpha value is -1.59. The van der Waals surface area contributed by atoms with E-state index >= 15 is 0 Å². The second-order valence-electron chi connectivity index (χ2n) is 8.35. The molecule has 1 heterocycles. The molecule has 6 nitrogen and oxygen atoms in total. The lowest BCUT2D eigenvalue weighted by Gasteiger charge is -2.32. The summed E-state index contributed by atoms with van der Waals surface area (Å²) in [4.78, 5) is 37.8. The first kappa shape index (κ1) is 19.2. The van der Waals surface area contributed by atoms with Gasteiger partial charge < -0.3 is 15.3 Å². The average molecular weight is 364 g/mol. The fourth-order valence-corrected chi connectivity index (χ4v) is 4.95. The summed E-state index contributed by atoms with van der Waals surface area (Å²) in [7, 11) is 0. The zero-order valence-corrected chi connectivity index (χ0v) is 15.6. The fourth-order valence-electron chi connectivity index (χ4n) is 4.95.